The number of rotatable bonds is 7. The first-order chi connectivity index (χ1) is 14.2. The monoisotopic (exact) mass is 429 g/mol. The number of amides is 1. The van der Waals surface area contributed by atoms with Gasteiger partial charge in [-0.1, -0.05) is 19.1 Å². The van der Waals surface area contributed by atoms with Crippen molar-refractivity contribution in [2.75, 3.05) is 25.0 Å². The van der Waals surface area contributed by atoms with Gasteiger partial charge < -0.3 is 25.0 Å². The number of aryl methyl sites for hydroxylation is 1. The first-order valence-electron chi connectivity index (χ1n) is 9.65. The molecule has 0 atom stereocenters. The lowest BCUT2D eigenvalue weighted by Crippen LogP contribution is -2.23. The second kappa shape index (κ2) is 9.60. The average molecular weight is 430 g/mol. The summed E-state index contributed by atoms with van der Waals surface area (Å²) in [6.45, 7) is 4.62. The number of fused-ring (bicyclic) bond motifs is 3. The highest BCUT2D eigenvalue weighted by Crippen LogP contribution is 2.31. The maximum atomic E-state index is 13.1. The van der Waals surface area contributed by atoms with E-state index in [0.717, 1.165) is 17.6 Å². The van der Waals surface area contributed by atoms with Gasteiger partial charge in [0.2, 0.25) is 0 Å². The number of likely N-dealkylation sites (N-methyl/N-ethyl adjacent to an activating group) is 1. The van der Waals surface area contributed by atoms with E-state index in [-0.39, 0.29) is 23.7 Å². The molecule has 9 heteroatoms. The predicted octanol–water partition coefficient (Wildman–Crippen LogP) is 3.15. The highest BCUT2D eigenvalue weighted by atomic mass is 35.5. The fourth-order valence-corrected chi connectivity index (χ4v) is 3.39. The van der Waals surface area contributed by atoms with Gasteiger partial charge >= 0.3 is 0 Å². The minimum atomic E-state index is -0.441. The Kier molecular flexibility index (Phi) is 6.91. The van der Waals surface area contributed by atoms with Crippen molar-refractivity contribution in [2.24, 2.45) is 0 Å². The van der Waals surface area contributed by atoms with E-state index in [0.29, 0.717) is 43.4 Å². The van der Waals surface area contributed by atoms with E-state index >= 15 is 0 Å². The molecule has 1 aliphatic rings. The van der Waals surface area contributed by atoms with Crippen LogP contribution in [0.2, 0.25) is 0 Å². The van der Waals surface area contributed by atoms with Crippen LogP contribution >= 0.6 is 12.4 Å². The Morgan fingerprint density at radius 3 is 2.97 bits per heavy atom. The van der Waals surface area contributed by atoms with Crippen LogP contribution in [0.4, 0.5) is 5.69 Å². The van der Waals surface area contributed by atoms with Gasteiger partial charge in [0.15, 0.2) is 0 Å². The van der Waals surface area contributed by atoms with Crippen molar-refractivity contribution in [2.45, 2.75) is 19.9 Å². The SMILES string of the molecule is CCNCCOc1ccncc1NC(=O)C1=C(O)CCn2c1nc1ccccc12.Cl. The fraction of sp³-hybridized carbons (Fsp3) is 0.286. The largest absolute Gasteiger partial charge is 0.511 e. The molecule has 4 rings (SSSR count). The molecular formula is C21H24ClN5O3. The van der Waals surface area contributed by atoms with Crippen molar-refractivity contribution < 1.29 is 14.6 Å². The number of pyridine rings is 1. The highest BCUT2D eigenvalue weighted by molar-refractivity contribution is 6.25. The quantitative estimate of drug-likeness (QED) is 0.499. The number of anilines is 1. The van der Waals surface area contributed by atoms with Gasteiger partial charge in [0.25, 0.3) is 5.91 Å². The number of aliphatic hydroxyl groups is 1. The standard InChI is InChI=1S/C21H23N5O3.ClH/c1-2-22-10-12-29-18-7-9-23-13-15(18)25-21(28)19-17(27)8-11-26-16-6-4-3-5-14(16)24-20(19)26;/h3-7,9,13,22,27H,2,8,10-12H2,1H3,(H,25,28);1H. The predicted molar refractivity (Wildman–Crippen MR) is 118 cm³/mol. The zero-order valence-electron chi connectivity index (χ0n) is 16.6. The van der Waals surface area contributed by atoms with Gasteiger partial charge in [-0.25, -0.2) is 4.98 Å². The molecule has 3 N–H and O–H groups in total. The van der Waals surface area contributed by atoms with Crippen LogP contribution in [0.15, 0.2) is 48.5 Å². The number of carbonyl (C=O) groups excluding carboxylic acids is 1. The molecule has 0 radical (unpaired) electrons. The molecule has 0 unspecified atom stereocenters. The van der Waals surface area contributed by atoms with Crippen LogP contribution in [-0.2, 0) is 11.3 Å². The molecular weight excluding hydrogens is 406 g/mol. The molecule has 8 nitrogen and oxygen atoms in total. The molecule has 0 fully saturated rings. The topological polar surface area (TPSA) is 101 Å². The van der Waals surface area contributed by atoms with Gasteiger partial charge in [0.1, 0.15) is 35.2 Å². The number of para-hydroxylation sites is 2. The molecule has 1 aliphatic heterocycles. The summed E-state index contributed by atoms with van der Waals surface area (Å²) in [6, 6.07) is 9.39. The Labute approximate surface area is 180 Å². The minimum Gasteiger partial charge on any atom is -0.511 e. The molecule has 0 saturated heterocycles. The van der Waals surface area contributed by atoms with E-state index < -0.39 is 5.91 Å². The van der Waals surface area contributed by atoms with Gasteiger partial charge in [-0.2, -0.15) is 0 Å². The zero-order valence-corrected chi connectivity index (χ0v) is 17.4. The number of aromatic nitrogens is 3. The molecule has 3 heterocycles. The third-order valence-electron chi connectivity index (χ3n) is 4.78. The summed E-state index contributed by atoms with van der Waals surface area (Å²) in [5.41, 5.74) is 2.35. The first kappa shape index (κ1) is 21.6. The number of hydrogen-bond acceptors (Lipinski definition) is 6. The Morgan fingerprint density at radius 2 is 2.13 bits per heavy atom. The first-order valence-corrected chi connectivity index (χ1v) is 9.65. The fourth-order valence-electron chi connectivity index (χ4n) is 3.39. The molecule has 0 bridgehead atoms. The van der Waals surface area contributed by atoms with E-state index in [1.165, 1.54) is 6.20 Å². The Morgan fingerprint density at radius 1 is 1.30 bits per heavy atom. The Hall–Kier alpha value is -3.10. The van der Waals surface area contributed by atoms with E-state index in [2.05, 4.69) is 20.6 Å². The summed E-state index contributed by atoms with van der Waals surface area (Å²) in [4.78, 5) is 21.7. The van der Waals surface area contributed by atoms with Gasteiger partial charge in [-0.3, -0.25) is 9.78 Å². The number of ether oxygens (including phenoxy) is 1. The van der Waals surface area contributed by atoms with Gasteiger partial charge in [0, 0.05) is 31.8 Å². The van der Waals surface area contributed by atoms with Crippen molar-refractivity contribution in [3.63, 3.8) is 0 Å². The smallest absolute Gasteiger partial charge is 0.263 e. The molecule has 3 aromatic rings. The number of carbonyl (C=O) groups is 1. The van der Waals surface area contributed by atoms with Gasteiger partial charge in [-0.15, -0.1) is 12.4 Å². The summed E-state index contributed by atoms with van der Waals surface area (Å²) < 4.78 is 7.71. The van der Waals surface area contributed by atoms with Gasteiger partial charge in [-0.05, 0) is 18.7 Å². The van der Waals surface area contributed by atoms with Crippen molar-refractivity contribution in [3.8, 4) is 5.75 Å². The average Bonchev–Trinajstić information content (AvgIpc) is 3.10. The summed E-state index contributed by atoms with van der Waals surface area (Å²) in [5, 5.41) is 16.5. The van der Waals surface area contributed by atoms with Crippen molar-refractivity contribution in [1.29, 1.82) is 0 Å². The number of nitrogens with one attached hydrogen (secondary N) is 2. The Bertz CT molecular complexity index is 1080. The van der Waals surface area contributed by atoms with E-state index in [1.807, 2.05) is 35.8 Å². The van der Waals surface area contributed by atoms with Crippen molar-refractivity contribution in [3.05, 3.63) is 54.3 Å². The van der Waals surface area contributed by atoms with Crippen LogP contribution < -0.4 is 15.4 Å². The number of aliphatic hydroxyl groups excluding tert-OH is 1. The second-order valence-electron chi connectivity index (χ2n) is 6.68. The van der Waals surface area contributed by atoms with Crippen LogP contribution in [-0.4, -0.2) is 45.2 Å². The number of hydrogen-bond donors (Lipinski definition) is 3. The van der Waals surface area contributed by atoms with Crippen LogP contribution in [0.5, 0.6) is 5.75 Å². The van der Waals surface area contributed by atoms with Crippen LogP contribution in [0, 0.1) is 0 Å². The molecule has 1 aromatic carbocycles. The van der Waals surface area contributed by atoms with Crippen LogP contribution in [0.1, 0.15) is 19.2 Å². The molecule has 158 valence electrons. The third-order valence-corrected chi connectivity index (χ3v) is 4.78. The maximum Gasteiger partial charge on any atom is 0.263 e. The van der Waals surface area contributed by atoms with Crippen molar-refractivity contribution >= 4 is 40.6 Å². The highest BCUT2D eigenvalue weighted by Gasteiger charge is 2.28. The number of halogens is 1. The van der Waals surface area contributed by atoms with Gasteiger partial charge in [0.05, 0.1) is 17.2 Å². The number of nitrogens with zero attached hydrogens (tertiary/aromatic N) is 3. The van der Waals surface area contributed by atoms with Crippen molar-refractivity contribution in [1.82, 2.24) is 19.9 Å². The summed E-state index contributed by atoms with van der Waals surface area (Å²) >= 11 is 0. The number of imidazole rings is 1. The lowest BCUT2D eigenvalue weighted by atomic mass is 10.1. The van der Waals surface area contributed by atoms with E-state index in [4.69, 9.17) is 4.74 Å². The number of benzene rings is 1. The lowest BCUT2D eigenvalue weighted by Gasteiger charge is -2.19. The summed E-state index contributed by atoms with van der Waals surface area (Å²) in [5.74, 6) is 0.578. The second-order valence-corrected chi connectivity index (χ2v) is 6.68. The van der Waals surface area contributed by atoms with E-state index in [9.17, 15) is 9.90 Å². The Balaban J connectivity index is 0.00000256. The number of allylic oxidation sites excluding steroid dienone is 1. The zero-order chi connectivity index (χ0) is 20.2. The molecule has 0 spiro atoms. The summed E-state index contributed by atoms with van der Waals surface area (Å²) in [6.07, 6.45) is 3.51. The van der Waals surface area contributed by atoms with Crippen LogP contribution in [0.3, 0.4) is 0 Å². The van der Waals surface area contributed by atoms with E-state index in [1.54, 1.807) is 12.3 Å². The molecule has 30 heavy (non-hydrogen) atoms. The summed E-state index contributed by atoms with van der Waals surface area (Å²) in [7, 11) is 0. The lowest BCUT2D eigenvalue weighted by molar-refractivity contribution is -0.111. The third kappa shape index (κ3) is 4.24. The minimum absolute atomic E-state index is 0. The maximum absolute atomic E-state index is 13.1. The van der Waals surface area contributed by atoms with Crippen LogP contribution in [0.25, 0.3) is 16.6 Å². The normalized spacial score (nSPS) is 13.0. The molecule has 0 aliphatic carbocycles. The molecule has 2 aromatic heterocycles. The molecule has 1 amide bonds. The molecule has 0 saturated carbocycles.